The summed E-state index contributed by atoms with van der Waals surface area (Å²) in [5, 5.41) is 0. The Kier molecular flexibility index (Phi) is 11.6. The lowest BCUT2D eigenvalue weighted by molar-refractivity contribution is -0.242. The smallest absolute Gasteiger partial charge is 0.132 e. The topological polar surface area (TPSA) is 64.6 Å². The van der Waals surface area contributed by atoms with Crippen LogP contribution in [0.15, 0.2) is 72.8 Å². The molecule has 216 valence electrons. The van der Waals surface area contributed by atoms with Crippen molar-refractivity contribution in [3.05, 3.63) is 89.5 Å². The van der Waals surface area contributed by atoms with Crippen molar-refractivity contribution in [3.8, 4) is 17.2 Å². The Hall–Kier alpha value is -2.75. The third kappa shape index (κ3) is 8.15. The molecule has 0 amide bonds. The molecule has 1 fully saturated rings. The second-order valence-electron chi connectivity index (χ2n) is 9.54. The van der Waals surface area contributed by atoms with E-state index >= 15 is 0 Å². The number of benzene rings is 3. The van der Waals surface area contributed by atoms with E-state index in [1.807, 2.05) is 79.7 Å². The second-order valence-corrected chi connectivity index (χ2v) is 10.9. The Labute approximate surface area is 242 Å². The van der Waals surface area contributed by atoms with Crippen LogP contribution in [0.25, 0.3) is 0 Å². The summed E-state index contributed by atoms with van der Waals surface area (Å²) in [6.45, 7) is 5.42. The number of methoxy groups -OCH3 is 3. The van der Waals surface area contributed by atoms with Crippen LogP contribution in [-0.2, 0) is 38.8 Å². The van der Waals surface area contributed by atoms with Crippen LogP contribution in [0.2, 0.25) is 0 Å². The van der Waals surface area contributed by atoms with Gasteiger partial charge in [-0.3, -0.25) is 0 Å². The first-order valence-corrected chi connectivity index (χ1v) is 14.6. The molecule has 3 aromatic carbocycles. The van der Waals surface area contributed by atoms with E-state index in [9.17, 15) is 0 Å². The molecule has 0 unspecified atom stereocenters. The van der Waals surface area contributed by atoms with Gasteiger partial charge in [0.15, 0.2) is 0 Å². The first-order chi connectivity index (χ1) is 19.5. The van der Waals surface area contributed by atoms with E-state index in [2.05, 4.69) is 6.92 Å². The third-order valence-electron chi connectivity index (χ3n) is 6.86. The van der Waals surface area contributed by atoms with Gasteiger partial charge in [-0.2, -0.15) is 0 Å². The lowest BCUT2D eigenvalue weighted by atomic mass is 9.99. The van der Waals surface area contributed by atoms with Gasteiger partial charge in [-0.15, -0.1) is 11.8 Å². The van der Waals surface area contributed by atoms with Crippen LogP contribution in [0.3, 0.4) is 0 Å². The molecule has 1 aliphatic heterocycles. The lowest BCUT2D eigenvalue weighted by Gasteiger charge is -2.45. The molecule has 0 bridgehead atoms. The Balaban J connectivity index is 1.55. The minimum absolute atomic E-state index is 0.191. The van der Waals surface area contributed by atoms with E-state index in [-0.39, 0.29) is 29.9 Å². The summed E-state index contributed by atoms with van der Waals surface area (Å²) < 4.78 is 42.1. The molecule has 7 nitrogen and oxygen atoms in total. The monoisotopic (exact) mass is 568 g/mol. The Morgan fingerprint density at radius 2 is 0.950 bits per heavy atom. The summed E-state index contributed by atoms with van der Waals surface area (Å²) in [5.41, 5.74) is 2.94. The van der Waals surface area contributed by atoms with Crippen LogP contribution < -0.4 is 14.2 Å². The second kappa shape index (κ2) is 15.3. The highest BCUT2D eigenvalue weighted by Gasteiger charge is 2.46. The van der Waals surface area contributed by atoms with Crippen molar-refractivity contribution in [3.63, 3.8) is 0 Å². The zero-order chi connectivity index (χ0) is 28.3. The van der Waals surface area contributed by atoms with Gasteiger partial charge in [0.05, 0.1) is 47.3 Å². The number of hydrogen-bond donors (Lipinski definition) is 0. The minimum atomic E-state index is -0.355. The van der Waals surface area contributed by atoms with Gasteiger partial charge in [0.25, 0.3) is 0 Å². The van der Waals surface area contributed by atoms with Gasteiger partial charge in [-0.25, -0.2) is 0 Å². The largest absolute Gasteiger partial charge is 0.497 e. The molecule has 0 N–H and O–H groups in total. The molecule has 0 spiro atoms. The van der Waals surface area contributed by atoms with Gasteiger partial charge < -0.3 is 33.2 Å². The van der Waals surface area contributed by atoms with Gasteiger partial charge in [0, 0.05) is 0 Å². The predicted molar refractivity (Wildman–Crippen MR) is 157 cm³/mol. The molecule has 5 atom stereocenters. The zero-order valence-corrected chi connectivity index (χ0v) is 24.7. The van der Waals surface area contributed by atoms with Gasteiger partial charge in [0.2, 0.25) is 0 Å². The number of rotatable bonds is 14. The molecule has 0 radical (unpaired) electrons. The molecule has 0 aliphatic carbocycles. The molecule has 0 saturated carbocycles. The molecule has 1 aliphatic rings. The van der Waals surface area contributed by atoms with Gasteiger partial charge in [-0.05, 0) is 65.8 Å². The first kappa shape index (κ1) is 30.2. The highest BCUT2D eigenvalue weighted by atomic mass is 32.2. The summed E-state index contributed by atoms with van der Waals surface area (Å²) in [6.07, 6.45) is -1.23. The average molecular weight is 569 g/mol. The van der Waals surface area contributed by atoms with Crippen LogP contribution in [0.5, 0.6) is 17.2 Å². The van der Waals surface area contributed by atoms with E-state index in [4.69, 9.17) is 33.2 Å². The number of hydrogen-bond acceptors (Lipinski definition) is 8. The van der Waals surface area contributed by atoms with Crippen LogP contribution in [0.1, 0.15) is 30.5 Å². The summed E-state index contributed by atoms with van der Waals surface area (Å²) in [6, 6.07) is 23.7. The van der Waals surface area contributed by atoms with Gasteiger partial charge in [0.1, 0.15) is 41.0 Å². The zero-order valence-electron chi connectivity index (χ0n) is 23.9. The van der Waals surface area contributed by atoms with Crippen molar-refractivity contribution in [1.82, 2.24) is 0 Å². The normalized spacial score (nSPS) is 22.6. The van der Waals surface area contributed by atoms with Crippen molar-refractivity contribution in [2.75, 3.05) is 27.1 Å². The Bertz CT molecular complexity index is 1140. The highest BCUT2D eigenvalue weighted by Crippen LogP contribution is 2.35. The molecule has 1 saturated heterocycles. The molecule has 3 aromatic rings. The van der Waals surface area contributed by atoms with Crippen molar-refractivity contribution >= 4 is 11.8 Å². The van der Waals surface area contributed by atoms with Gasteiger partial charge in [-0.1, -0.05) is 43.3 Å². The molecule has 1 heterocycles. The fourth-order valence-corrected chi connectivity index (χ4v) is 5.62. The maximum Gasteiger partial charge on any atom is 0.132 e. The van der Waals surface area contributed by atoms with E-state index in [0.29, 0.717) is 19.8 Å². The molecule has 4 rings (SSSR count). The maximum absolute atomic E-state index is 6.64. The maximum atomic E-state index is 6.64. The van der Waals surface area contributed by atoms with Crippen molar-refractivity contribution in [2.45, 2.75) is 63.5 Å². The molecule has 8 heteroatoms. The van der Waals surface area contributed by atoms with Crippen LogP contribution >= 0.6 is 11.8 Å². The van der Waals surface area contributed by atoms with E-state index in [1.165, 1.54) is 0 Å². The molecule has 0 aromatic heterocycles. The van der Waals surface area contributed by atoms with Crippen molar-refractivity contribution in [1.29, 1.82) is 0 Å². The van der Waals surface area contributed by atoms with Crippen molar-refractivity contribution < 1.29 is 33.2 Å². The molecular weight excluding hydrogens is 528 g/mol. The quantitative estimate of drug-likeness (QED) is 0.226. The van der Waals surface area contributed by atoms with Crippen molar-refractivity contribution in [2.24, 2.45) is 0 Å². The SMILES string of the molecule is CCS[C@@H]1O[C@@H](C)[C@@H](OCc2ccc(OC)cc2)[C@@H](OCc2ccc(OC)cc2)[C@@H]1OCc1ccc(OC)cc1. The first-order valence-electron chi connectivity index (χ1n) is 13.5. The van der Waals surface area contributed by atoms with E-state index in [1.54, 1.807) is 33.1 Å². The fourth-order valence-electron chi connectivity index (χ4n) is 4.61. The summed E-state index contributed by atoms with van der Waals surface area (Å²) in [7, 11) is 4.99. The van der Waals surface area contributed by atoms with Crippen LogP contribution in [0, 0.1) is 0 Å². The van der Waals surface area contributed by atoms with E-state index in [0.717, 1.165) is 39.7 Å². The molecular formula is C32H40O7S. The highest BCUT2D eigenvalue weighted by molar-refractivity contribution is 7.99. The van der Waals surface area contributed by atoms with Crippen LogP contribution in [-0.4, -0.2) is 56.9 Å². The number of thioether (sulfide) groups is 1. The molecule has 40 heavy (non-hydrogen) atoms. The summed E-state index contributed by atoms with van der Waals surface area (Å²) in [5.74, 6) is 3.32. The summed E-state index contributed by atoms with van der Waals surface area (Å²) in [4.78, 5) is 0. The lowest BCUT2D eigenvalue weighted by Crippen LogP contribution is -2.58. The minimum Gasteiger partial charge on any atom is -0.497 e. The Morgan fingerprint density at radius 1 is 0.575 bits per heavy atom. The predicted octanol–water partition coefficient (Wildman–Crippen LogP) is 6.27. The fraction of sp³-hybridized carbons (Fsp3) is 0.438. The van der Waals surface area contributed by atoms with Crippen LogP contribution in [0.4, 0.5) is 0 Å². The van der Waals surface area contributed by atoms with Gasteiger partial charge >= 0.3 is 0 Å². The average Bonchev–Trinajstić information content (AvgIpc) is 3.00. The van der Waals surface area contributed by atoms with E-state index < -0.39 is 0 Å². The number of ether oxygens (including phenoxy) is 7. The Morgan fingerprint density at radius 3 is 1.32 bits per heavy atom. The third-order valence-corrected chi connectivity index (χ3v) is 7.90. The summed E-state index contributed by atoms with van der Waals surface area (Å²) >= 11 is 1.72. The standard InChI is InChI=1S/C32H40O7S/c1-6-40-32-31(38-21-25-11-17-28(35-5)18-12-25)30(37-20-24-9-15-27(34-4)16-10-24)29(22(2)39-32)36-19-23-7-13-26(33-3)14-8-23/h7-18,22,29-32H,6,19-21H2,1-5H3/t22-,29+,30+,31-,32-/m0/s1.